The van der Waals surface area contributed by atoms with Crippen LogP contribution in [0.4, 0.5) is 0 Å². The highest BCUT2D eigenvalue weighted by Crippen LogP contribution is 2.10. The Kier molecular flexibility index (Phi) is 5.27. The number of aromatic nitrogens is 2. The second kappa shape index (κ2) is 7.17. The second-order valence-electron chi connectivity index (χ2n) is 5.37. The maximum absolute atomic E-state index is 12.1. The zero-order chi connectivity index (χ0) is 16.1. The van der Waals surface area contributed by atoms with Gasteiger partial charge in [-0.05, 0) is 25.5 Å². The lowest BCUT2D eigenvalue weighted by Crippen LogP contribution is -2.40. The van der Waals surface area contributed by atoms with Crippen molar-refractivity contribution in [3.05, 3.63) is 40.4 Å². The average Bonchev–Trinajstić information content (AvgIpc) is 2.53. The Balaban J connectivity index is 2.29. The van der Waals surface area contributed by atoms with Crippen molar-refractivity contribution in [2.45, 2.75) is 32.9 Å². The van der Waals surface area contributed by atoms with Gasteiger partial charge in [-0.1, -0.05) is 19.1 Å². The van der Waals surface area contributed by atoms with Crippen LogP contribution in [0.3, 0.4) is 0 Å². The number of hydrogen-bond donors (Lipinski definition) is 2. The van der Waals surface area contributed by atoms with E-state index in [0.29, 0.717) is 23.3 Å². The average molecular weight is 302 g/mol. The summed E-state index contributed by atoms with van der Waals surface area (Å²) >= 11 is 0. The third kappa shape index (κ3) is 3.71. The maximum atomic E-state index is 12.1. The summed E-state index contributed by atoms with van der Waals surface area (Å²) in [7, 11) is 1.62. The number of aromatic amines is 1. The van der Waals surface area contributed by atoms with E-state index in [1.807, 2.05) is 23.1 Å². The topological polar surface area (TPSA) is 78.1 Å². The Morgan fingerprint density at radius 2 is 2.14 bits per heavy atom. The van der Waals surface area contributed by atoms with Crippen LogP contribution in [0.5, 0.6) is 0 Å². The number of nitrogens with zero attached hydrogens (tertiary/aromatic N) is 2. The Labute approximate surface area is 129 Å². The summed E-state index contributed by atoms with van der Waals surface area (Å²) in [6, 6.07) is 7.46. The van der Waals surface area contributed by atoms with E-state index in [1.54, 1.807) is 13.1 Å². The van der Waals surface area contributed by atoms with Crippen LogP contribution in [0.2, 0.25) is 0 Å². The third-order valence-electron chi connectivity index (χ3n) is 3.85. The Morgan fingerprint density at radius 3 is 2.82 bits per heavy atom. The van der Waals surface area contributed by atoms with E-state index in [2.05, 4.69) is 29.1 Å². The molecule has 0 bridgehead atoms. The number of likely N-dealkylation sites (N-methyl/N-ethyl adjacent to an activating group) is 1. The van der Waals surface area contributed by atoms with Gasteiger partial charge < -0.3 is 10.3 Å². The van der Waals surface area contributed by atoms with Crippen molar-refractivity contribution >= 4 is 16.8 Å². The number of rotatable bonds is 6. The fraction of sp³-hybridized carbons (Fsp3) is 0.438. The predicted octanol–water partition coefficient (Wildman–Crippen LogP) is 1.27. The zero-order valence-corrected chi connectivity index (χ0v) is 13.2. The van der Waals surface area contributed by atoms with Gasteiger partial charge in [0.2, 0.25) is 5.91 Å². The van der Waals surface area contributed by atoms with Crippen LogP contribution in [0.1, 0.15) is 26.1 Å². The molecule has 0 aliphatic carbocycles. The molecule has 22 heavy (non-hydrogen) atoms. The molecule has 6 nitrogen and oxygen atoms in total. The minimum absolute atomic E-state index is 0.0524. The summed E-state index contributed by atoms with van der Waals surface area (Å²) in [5, 5.41) is 3.20. The lowest BCUT2D eigenvalue weighted by Gasteiger charge is -2.26. The predicted molar refractivity (Wildman–Crippen MR) is 86.6 cm³/mol. The summed E-state index contributed by atoms with van der Waals surface area (Å²) in [4.78, 5) is 33.1. The molecule has 2 rings (SSSR count). The Hall–Kier alpha value is -2.21. The molecule has 1 aromatic carbocycles. The van der Waals surface area contributed by atoms with Crippen molar-refractivity contribution in [3.63, 3.8) is 0 Å². The lowest BCUT2D eigenvalue weighted by atomic mass is 10.2. The molecule has 1 aromatic heterocycles. The van der Waals surface area contributed by atoms with E-state index < -0.39 is 0 Å². The quantitative estimate of drug-likeness (QED) is 0.842. The van der Waals surface area contributed by atoms with E-state index in [1.165, 1.54) is 0 Å². The molecule has 1 unspecified atom stereocenters. The molecule has 6 heteroatoms. The van der Waals surface area contributed by atoms with Gasteiger partial charge in [-0.3, -0.25) is 14.5 Å². The zero-order valence-electron chi connectivity index (χ0n) is 13.2. The van der Waals surface area contributed by atoms with E-state index in [4.69, 9.17) is 0 Å². The molecule has 0 spiro atoms. The Morgan fingerprint density at radius 1 is 1.41 bits per heavy atom. The van der Waals surface area contributed by atoms with Crippen molar-refractivity contribution in [1.29, 1.82) is 0 Å². The summed E-state index contributed by atoms with van der Waals surface area (Å²) in [6.07, 6.45) is 0.912. The van der Waals surface area contributed by atoms with E-state index in [0.717, 1.165) is 6.42 Å². The van der Waals surface area contributed by atoms with Gasteiger partial charge in [0.05, 0.1) is 24.0 Å². The first-order valence-corrected chi connectivity index (χ1v) is 7.47. The molecule has 1 heterocycles. The van der Waals surface area contributed by atoms with Gasteiger partial charge in [0, 0.05) is 13.1 Å². The van der Waals surface area contributed by atoms with E-state index >= 15 is 0 Å². The molecule has 2 N–H and O–H groups in total. The van der Waals surface area contributed by atoms with Crippen LogP contribution in [-0.2, 0) is 11.3 Å². The smallest absolute Gasteiger partial charge is 0.258 e. The fourth-order valence-electron chi connectivity index (χ4n) is 2.29. The molecule has 0 aliphatic heterocycles. The minimum atomic E-state index is -0.148. The monoisotopic (exact) mass is 302 g/mol. The van der Waals surface area contributed by atoms with Crippen LogP contribution < -0.4 is 10.9 Å². The number of carbonyl (C=O) groups excluding carboxylic acids is 1. The lowest BCUT2D eigenvalue weighted by molar-refractivity contribution is -0.122. The third-order valence-corrected chi connectivity index (χ3v) is 3.85. The highest BCUT2D eigenvalue weighted by atomic mass is 16.2. The maximum Gasteiger partial charge on any atom is 0.258 e. The van der Waals surface area contributed by atoms with Gasteiger partial charge in [0.1, 0.15) is 5.82 Å². The van der Waals surface area contributed by atoms with Crippen molar-refractivity contribution < 1.29 is 4.79 Å². The minimum Gasteiger partial charge on any atom is -0.358 e. The molecule has 1 amide bonds. The SMILES string of the molecule is CCC(C)N(CC(=O)NC)Cc1nc2ccccc2c(=O)[nH]1. The van der Waals surface area contributed by atoms with E-state index in [-0.39, 0.29) is 24.1 Å². The molecule has 0 radical (unpaired) electrons. The van der Waals surface area contributed by atoms with Crippen molar-refractivity contribution in [1.82, 2.24) is 20.2 Å². The first kappa shape index (κ1) is 16.2. The molecule has 0 aliphatic rings. The molecule has 0 saturated heterocycles. The number of hydrogen-bond acceptors (Lipinski definition) is 4. The normalized spacial score (nSPS) is 12.5. The van der Waals surface area contributed by atoms with Crippen molar-refractivity contribution in [2.75, 3.05) is 13.6 Å². The van der Waals surface area contributed by atoms with Crippen LogP contribution in [0, 0.1) is 0 Å². The highest BCUT2D eigenvalue weighted by molar-refractivity contribution is 5.78. The fourth-order valence-corrected chi connectivity index (χ4v) is 2.29. The van der Waals surface area contributed by atoms with Crippen LogP contribution in [0.25, 0.3) is 10.9 Å². The largest absolute Gasteiger partial charge is 0.358 e. The van der Waals surface area contributed by atoms with Gasteiger partial charge >= 0.3 is 0 Å². The summed E-state index contributed by atoms with van der Waals surface area (Å²) in [5.74, 6) is 0.524. The molecule has 0 saturated carbocycles. The van der Waals surface area contributed by atoms with Crippen molar-refractivity contribution in [3.8, 4) is 0 Å². The summed E-state index contributed by atoms with van der Waals surface area (Å²) in [5.41, 5.74) is 0.523. The summed E-state index contributed by atoms with van der Waals surface area (Å²) < 4.78 is 0. The van der Waals surface area contributed by atoms with Crippen LogP contribution in [0.15, 0.2) is 29.1 Å². The summed E-state index contributed by atoms with van der Waals surface area (Å²) in [6.45, 7) is 4.84. The number of fused-ring (bicyclic) bond motifs is 1. The van der Waals surface area contributed by atoms with Gasteiger partial charge in [0.25, 0.3) is 5.56 Å². The van der Waals surface area contributed by atoms with Crippen LogP contribution >= 0.6 is 0 Å². The van der Waals surface area contributed by atoms with Gasteiger partial charge in [-0.2, -0.15) is 0 Å². The molecule has 0 fully saturated rings. The van der Waals surface area contributed by atoms with Crippen molar-refractivity contribution in [2.24, 2.45) is 0 Å². The molecule has 118 valence electrons. The van der Waals surface area contributed by atoms with Crippen LogP contribution in [-0.4, -0.2) is 40.4 Å². The van der Waals surface area contributed by atoms with Gasteiger partial charge in [0.15, 0.2) is 0 Å². The first-order chi connectivity index (χ1) is 10.5. The number of amides is 1. The standard InChI is InChI=1S/C16H22N4O2/c1-4-11(2)20(10-15(21)17-3)9-14-18-13-8-6-5-7-12(13)16(22)19-14/h5-8,11H,4,9-10H2,1-3H3,(H,17,21)(H,18,19,22). The molecular formula is C16H22N4O2. The number of benzene rings is 1. The van der Waals surface area contributed by atoms with E-state index in [9.17, 15) is 9.59 Å². The van der Waals surface area contributed by atoms with Gasteiger partial charge in [-0.15, -0.1) is 0 Å². The number of para-hydroxylation sites is 1. The molecule has 1 atom stereocenters. The number of nitrogens with one attached hydrogen (secondary N) is 2. The second-order valence-corrected chi connectivity index (χ2v) is 5.37. The molecule has 2 aromatic rings. The van der Waals surface area contributed by atoms with Gasteiger partial charge in [-0.25, -0.2) is 4.98 Å². The highest BCUT2D eigenvalue weighted by Gasteiger charge is 2.17. The number of H-pyrrole nitrogens is 1. The Bertz CT molecular complexity index is 711. The molecular weight excluding hydrogens is 280 g/mol. The first-order valence-electron chi connectivity index (χ1n) is 7.47. The number of carbonyl (C=O) groups is 1.